The minimum absolute atomic E-state index is 0. The van der Waals surface area contributed by atoms with Crippen LogP contribution in [0.1, 0.15) is 49.7 Å². The molecule has 1 heterocycles. The van der Waals surface area contributed by atoms with E-state index in [1.54, 1.807) is 6.07 Å². The molecule has 0 saturated heterocycles. The number of rotatable bonds is 8. The zero-order valence-electron chi connectivity index (χ0n) is 16.4. The average Bonchev–Trinajstić information content (AvgIpc) is 3.13. The first-order chi connectivity index (χ1) is 13.3. The normalized spacial score (nSPS) is 13.0. The number of hydrogen-bond acceptors (Lipinski definition) is 5. The first kappa shape index (κ1) is 25.1. The van der Waals surface area contributed by atoms with E-state index in [0.717, 1.165) is 12.1 Å². The zero-order valence-corrected chi connectivity index (χ0v) is 18.7. The molecule has 1 unspecified atom stereocenters. The zero-order chi connectivity index (χ0) is 20.6. The monoisotopic (exact) mass is 527 g/mol. The van der Waals surface area contributed by atoms with Crippen molar-refractivity contribution in [1.29, 1.82) is 0 Å². The molecule has 2 aromatic rings. The van der Waals surface area contributed by atoms with Crippen LogP contribution in [0.4, 0.5) is 13.2 Å². The molecule has 29 heavy (non-hydrogen) atoms. The van der Waals surface area contributed by atoms with E-state index in [0.29, 0.717) is 36.4 Å². The molecule has 1 aromatic carbocycles. The van der Waals surface area contributed by atoms with E-state index in [1.807, 2.05) is 20.8 Å². The number of alkyl halides is 3. The number of benzene rings is 1. The summed E-state index contributed by atoms with van der Waals surface area (Å²) in [5, 5.41) is 9.90. The third-order valence-corrected chi connectivity index (χ3v) is 3.69. The van der Waals surface area contributed by atoms with Crippen molar-refractivity contribution in [1.82, 2.24) is 20.8 Å². The van der Waals surface area contributed by atoms with Gasteiger partial charge in [-0.2, -0.15) is 18.2 Å². The van der Waals surface area contributed by atoms with E-state index >= 15 is 0 Å². The molecule has 0 amide bonds. The summed E-state index contributed by atoms with van der Waals surface area (Å²) >= 11 is 0. The Kier molecular flexibility index (Phi) is 10.4. The number of guanidine groups is 1. The van der Waals surface area contributed by atoms with Crippen molar-refractivity contribution in [2.75, 3.05) is 13.2 Å². The Morgan fingerprint density at radius 1 is 1.28 bits per heavy atom. The minimum Gasteiger partial charge on any atom is -0.371 e. The Morgan fingerprint density at radius 3 is 2.69 bits per heavy atom. The van der Waals surface area contributed by atoms with Crippen molar-refractivity contribution in [2.24, 2.45) is 4.99 Å². The van der Waals surface area contributed by atoms with Crippen LogP contribution in [0, 0.1) is 0 Å². The van der Waals surface area contributed by atoms with Crippen LogP contribution in [0.3, 0.4) is 0 Å². The first-order valence-corrected chi connectivity index (χ1v) is 8.95. The predicted octanol–water partition coefficient (Wildman–Crippen LogP) is 4.06. The highest BCUT2D eigenvalue weighted by Gasteiger charge is 2.30. The van der Waals surface area contributed by atoms with Crippen LogP contribution in [0.5, 0.6) is 0 Å². The van der Waals surface area contributed by atoms with Crippen LogP contribution in [0.25, 0.3) is 0 Å². The molecule has 11 heteroatoms. The Morgan fingerprint density at radius 2 is 2.03 bits per heavy atom. The van der Waals surface area contributed by atoms with Gasteiger partial charge in [0.25, 0.3) is 0 Å². The second-order valence-corrected chi connectivity index (χ2v) is 5.89. The van der Waals surface area contributed by atoms with Crippen molar-refractivity contribution >= 4 is 29.9 Å². The van der Waals surface area contributed by atoms with Gasteiger partial charge in [-0.1, -0.05) is 17.3 Å². The molecule has 162 valence electrons. The third-order valence-electron chi connectivity index (χ3n) is 3.69. The topological polar surface area (TPSA) is 84.6 Å². The number of halogens is 4. The maximum absolute atomic E-state index is 12.8. The van der Waals surface area contributed by atoms with E-state index in [-0.39, 0.29) is 43.2 Å². The van der Waals surface area contributed by atoms with Gasteiger partial charge in [-0.05, 0) is 38.5 Å². The molecule has 7 nitrogen and oxygen atoms in total. The van der Waals surface area contributed by atoms with Gasteiger partial charge in [0.05, 0.1) is 18.7 Å². The van der Waals surface area contributed by atoms with Gasteiger partial charge in [0.2, 0.25) is 5.89 Å². The Hall–Kier alpha value is -1.89. The van der Waals surface area contributed by atoms with Crippen LogP contribution in [-0.2, 0) is 24.0 Å². The minimum atomic E-state index is -4.38. The number of nitrogens with one attached hydrogen (secondary N) is 2. The summed E-state index contributed by atoms with van der Waals surface area (Å²) in [5.74, 6) is 1.23. The van der Waals surface area contributed by atoms with Gasteiger partial charge in [-0.15, -0.1) is 24.0 Å². The number of ether oxygens (including phenoxy) is 1. The summed E-state index contributed by atoms with van der Waals surface area (Å²) in [5.41, 5.74) is -0.238. The maximum Gasteiger partial charge on any atom is 0.416 e. The summed E-state index contributed by atoms with van der Waals surface area (Å²) in [6, 6.07) is 5.09. The van der Waals surface area contributed by atoms with E-state index in [1.165, 1.54) is 6.07 Å². The van der Waals surface area contributed by atoms with Crippen LogP contribution in [-0.4, -0.2) is 29.3 Å². The number of hydrogen-bond donors (Lipinski definition) is 2. The van der Waals surface area contributed by atoms with Crippen molar-refractivity contribution in [3.63, 3.8) is 0 Å². The molecule has 0 bridgehead atoms. The lowest BCUT2D eigenvalue weighted by Crippen LogP contribution is -2.36. The van der Waals surface area contributed by atoms with E-state index in [2.05, 4.69) is 25.8 Å². The molecular weight excluding hydrogens is 502 g/mol. The van der Waals surface area contributed by atoms with Gasteiger partial charge < -0.3 is 19.9 Å². The van der Waals surface area contributed by atoms with Crippen molar-refractivity contribution in [2.45, 2.75) is 46.1 Å². The van der Waals surface area contributed by atoms with Gasteiger partial charge in [-0.3, -0.25) is 0 Å². The smallest absolute Gasteiger partial charge is 0.371 e. The lowest BCUT2D eigenvalue weighted by Gasteiger charge is -2.10. The summed E-state index contributed by atoms with van der Waals surface area (Å²) in [7, 11) is 0. The van der Waals surface area contributed by atoms with E-state index < -0.39 is 11.7 Å². The number of nitrogens with zero attached hydrogens (tertiary/aromatic N) is 3. The highest BCUT2D eigenvalue weighted by Crippen LogP contribution is 2.29. The van der Waals surface area contributed by atoms with Gasteiger partial charge in [-0.25, -0.2) is 4.99 Å². The molecule has 1 atom stereocenters. The summed E-state index contributed by atoms with van der Waals surface area (Å²) < 4.78 is 49.0. The molecule has 0 fully saturated rings. The fourth-order valence-corrected chi connectivity index (χ4v) is 2.35. The van der Waals surface area contributed by atoms with Crippen molar-refractivity contribution in [3.05, 3.63) is 47.1 Å². The second kappa shape index (κ2) is 12.0. The summed E-state index contributed by atoms with van der Waals surface area (Å²) in [6.45, 7) is 7.03. The largest absolute Gasteiger partial charge is 0.416 e. The third kappa shape index (κ3) is 8.17. The molecule has 0 aliphatic rings. The standard InChI is InChI=1S/C18H24F3N5O2.HI/c1-4-22-17(23-10-13-7-6-8-14(9-13)18(19,20)21)24-11-15-25-16(26-28-15)12(3)27-5-2;/h6-9,12H,4-5,10-11H2,1-3H3,(H2,22,23,24);1H. The molecule has 2 N–H and O–H groups in total. The Labute approximate surface area is 184 Å². The van der Waals surface area contributed by atoms with Crippen LogP contribution in [0.2, 0.25) is 0 Å². The number of aliphatic imine (C=N–C) groups is 1. The Balaban J connectivity index is 0.00000420. The van der Waals surface area contributed by atoms with Crippen molar-refractivity contribution < 1.29 is 22.4 Å². The van der Waals surface area contributed by atoms with Gasteiger partial charge >= 0.3 is 6.18 Å². The lowest BCUT2D eigenvalue weighted by atomic mass is 10.1. The number of aromatic nitrogens is 2. The Bertz CT molecular complexity index is 783. The molecule has 1 aromatic heterocycles. The first-order valence-electron chi connectivity index (χ1n) is 8.95. The highest BCUT2D eigenvalue weighted by molar-refractivity contribution is 14.0. The van der Waals surface area contributed by atoms with Crippen LogP contribution < -0.4 is 10.6 Å². The lowest BCUT2D eigenvalue weighted by molar-refractivity contribution is -0.137. The average molecular weight is 527 g/mol. The molecule has 2 rings (SSSR count). The quantitative estimate of drug-likeness (QED) is 0.306. The molecule has 0 aliphatic carbocycles. The summed E-state index contributed by atoms with van der Waals surface area (Å²) in [6.07, 6.45) is -4.65. The molecule has 0 aliphatic heterocycles. The van der Waals surface area contributed by atoms with E-state index in [4.69, 9.17) is 9.26 Å². The maximum atomic E-state index is 12.8. The fraction of sp³-hybridized carbons (Fsp3) is 0.500. The predicted molar refractivity (Wildman–Crippen MR) is 113 cm³/mol. The molecule has 0 saturated carbocycles. The molecule has 0 radical (unpaired) electrons. The second-order valence-electron chi connectivity index (χ2n) is 5.89. The molecule has 0 spiro atoms. The van der Waals surface area contributed by atoms with Crippen LogP contribution in [0.15, 0.2) is 33.8 Å². The highest BCUT2D eigenvalue weighted by atomic mass is 127. The SMILES string of the molecule is CCNC(=NCc1cccc(C(F)(F)F)c1)NCc1nc(C(C)OCC)no1.I. The molecular formula is C18H25F3IN5O2. The van der Waals surface area contributed by atoms with Gasteiger partial charge in [0.15, 0.2) is 11.8 Å². The van der Waals surface area contributed by atoms with Gasteiger partial charge in [0.1, 0.15) is 6.10 Å². The van der Waals surface area contributed by atoms with Gasteiger partial charge in [0, 0.05) is 13.2 Å². The summed E-state index contributed by atoms with van der Waals surface area (Å²) in [4.78, 5) is 8.55. The van der Waals surface area contributed by atoms with Crippen LogP contribution >= 0.6 is 24.0 Å². The van der Waals surface area contributed by atoms with Crippen molar-refractivity contribution in [3.8, 4) is 0 Å². The van der Waals surface area contributed by atoms with E-state index in [9.17, 15) is 13.2 Å². The fourth-order valence-electron chi connectivity index (χ4n) is 2.35.